The fourth-order valence-electron chi connectivity index (χ4n) is 3.38. The summed E-state index contributed by atoms with van der Waals surface area (Å²) in [7, 11) is 0. The zero-order chi connectivity index (χ0) is 21.4. The summed E-state index contributed by atoms with van der Waals surface area (Å²) in [5.41, 5.74) is 1.43. The Balaban J connectivity index is 1.64. The molecule has 154 valence electrons. The van der Waals surface area contributed by atoms with E-state index in [1.54, 1.807) is 47.6 Å². The van der Waals surface area contributed by atoms with Crippen LogP contribution >= 0.6 is 11.8 Å². The van der Waals surface area contributed by atoms with Crippen molar-refractivity contribution >= 4 is 33.6 Å². The molecule has 5 aromatic rings. The van der Waals surface area contributed by atoms with Gasteiger partial charge in [0.25, 0.3) is 11.1 Å². The molecule has 0 bridgehead atoms. The highest BCUT2D eigenvalue weighted by Gasteiger charge is 2.13. The third kappa shape index (κ3) is 3.50. The minimum absolute atomic E-state index is 0.216. The zero-order valence-electron chi connectivity index (χ0n) is 16.5. The minimum Gasteiger partial charge on any atom is -0.310 e. The Morgan fingerprint density at radius 3 is 2.61 bits per heavy atom. The highest BCUT2D eigenvalue weighted by Crippen LogP contribution is 2.16. The molecule has 0 fully saturated rings. The van der Waals surface area contributed by atoms with E-state index in [0.717, 1.165) is 11.3 Å². The first-order chi connectivity index (χ1) is 15.1. The van der Waals surface area contributed by atoms with E-state index in [-0.39, 0.29) is 11.1 Å². The highest BCUT2D eigenvalue weighted by atomic mass is 32.2. The van der Waals surface area contributed by atoms with Crippen molar-refractivity contribution in [1.29, 1.82) is 0 Å². The van der Waals surface area contributed by atoms with Gasteiger partial charge in [-0.3, -0.25) is 19.1 Å². The monoisotopic (exact) mass is 431 g/mol. The molecule has 0 unspecified atom stereocenters. The number of hydrogen-bond acceptors (Lipinski definition) is 7. The van der Waals surface area contributed by atoms with Crippen LogP contribution in [0.2, 0.25) is 0 Å². The van der Waals surface area contributed by atoms with Gasteiger partial charge in [0.1, 0.15) is 0 Å². The molecule has 10 heteroatoms. The first kappa shape index (κ1) is 19.2. The van der Waals surface area contributed by atoms with Crippen molar-refractivity contribution in [2.24, 2.45) is 0 Å². The Bertz CT molecular complexity index is 1520. The summed E-state index contributed by atoms with van der Waals surface area (Å²) < 4.78 is 2.96. The molecule has 0 radical (unpaired) electrons. The third-order valence-electron chi connectivity index (χ3n) is 4.85. The first-order valence-corrected chi connectivity index (χ1v) is 10.6. The highest BCUT2D eigenvalue weighted by molar-refractivity contribution is 7.99. The number of aromatic amines is 1. The lowest BCUT2D eigenvalue weighted by atomic mass is 10.2. The summed E-state index contributed by atoms with van der Waals surface area (Å²) >= 11 is 1.48. The summed E-state index contributed by atoms with van der Waals surface area (Å²) in [5, 5.41) is 8.19. The van der Waals surface area contributed by atoms with E-state index in [0.29, 0.717) is 39.5 Å². The van der Waals surface area contributed by atoms with Crippen molar-refractivity contribution in [2.45, 2.75) is 18.6 Å². The maximum atomic E-state index is 13.1. The number of nitrogens with zero attached hydrogens (tertiary/aromatic N) is 6. The number of thioether (sulfide) groups is 1. The molecule has 9 nitrogen and oxygen atoms in total. The second-order valence-electron chi connectivity index (χ2n) is 6.83. The molecular weight excluding hydrogens is 414 g/mol. The molecule has 0 aromatic carbocycles. The van der Waals surface area contributed by atoms with Crippen LogP contribution in [0.1, 0.15) is 12.5 Å². The van der Waals surface area contributed by atoms with Gasteiger partial charge < -0.3 is 4.57 Å². The fraction of sp³-hybridized carbons (Fsp3) is 0.143. The summed E-state index contributed by atoms with van der Waals surface area (Å²) in [6.07, 6.45) is 6.72. The molecule has 0 atom stereocenters. The third-order valence-corrected chi connectivity index (χ3v) is 5.58. The molecular formula is C21H17N7O2S. The van der Waals surface area contributed by atoms with E-state index in [4.69, 9.17) is 0 Å². The van der Waals surface area contributed by atoms with Crippen LogP contribution in [0.5, 0.6) is 0 Å². The van der Waals surface area contributed by atoms with Gasteiger partial charge in [-0.05, 0) is 35.6 Å². The molecule has 0 saturated carbocycles. The maximum absolute atomic E-state index is 13.1. The Hall–Kier alpha value is -3.79. The molecule has 1 N–H and O–H groups in total. The normalized spacial score (nSPS) is 11.4. The first-order valence-electron chi connectivity index (χ1n) is 9.64. The van der Waals surface area contributed by atoms with Gasteiger partial charge in [0.05, 0.1) is 28.4 Å². The van der Waals surface area contributed by atoms with E-state index < -0.39 is 0 Å². The molecule has 0 saturated heterocycles. The topological polar surface area (TPSA) is 111 Å². The van der Waals surface area contributed by atoms with Gasteiger partial charge in [0.2, 0.25) is 11.1 Å². The fourth-order valence-corrected chi connectivity index (χ4v) is 3.90. The second-order valence-corrected chi connectivity index (χ2v) is 8.06. The van der Waals surface area contributed by atoms with Gasteiger partial charge >= 0.3 is 0 Å². The summed E-state index contributed by atoms with van der Waals surface area (Å²) in [6.45, 7) is 2.39. The molecule has 5 rings (SSSR count). The Kier molecular flexibility index (Phi) is 4.83. The molecule has 0 aliphatic carbocycles. The van der Waals surface area contributed by atoms with Gasteiger partial charge in [-0.25, -0.2) is 10.1 Å². The van der Waals surface area contributed by atoms with Crippen LogP contribution in [-0.4, -0.2) is 40.0 Å². The maximum Gasteiger partial charge on any atom is 0.266 e. The van der Waals surface area contributed by atoms with Gasteiger partial charge in [0, 0.05) is 24.8 Å². The van der Waals surface area contributed by atoms with Crippen LogP contribution < -0.4 is 11.1 Å². The van der Waals surface area contributed by atoms with Crippen molar-refractivity contribution < 1.29 is 0 Å². The van der Waals surface area contributed by atoms with E-state index in [1.807, 2.05) is 19.1 Å². The lowest BCUT2D eigenvalue weighted by Crippen LogP contribution is -2.22. The predicted octanol–water partition coefficient (Wildman–Crippen LogP) is 2.37. The number of nitrogens with one attached hydrogen (secondary N) is 1. The van der Waals surface area contributed by atoms with Crippen molar-refractivity contribution in [1.82, 2.24) is 34.3 Å². The molecule has 5 aromatic heterocycles. The summed E-state index contributed by atoms with van der Waals surface area (Å²) in [6, 6.07) is 8.85. The Morgan fingerprint density at radius 2 is 1.84 bits per heavy atom. The number of H-pyrrole nitrogens is 1. The van der Waals surface area contributed by atoms with E-state index >= 15 is 0 Å². The molecule has 0 aliphatic heterocycles. The number of fused-ring (bicyclic) bond motifs is 2. The van der Waals surface area contributed by atoms with Crippen LogP contribution in [0, 0.1) is 0 Å². The van der Waals surface area contributed by atoms with Gasteiger partial charge in [0.15, 0.2) is 0 Å². The summed E-state index contributed by atoms with van der Waals surface area (Å²) in [5.74, 6) is 1.15. The molecule has 0 aliphatic rings. The van der Waals surface area contributed by atoms with Crippen molar-refractivity contribution in [2.75, 3.05) is 5.75 Å². The Morgan fingerprint density at radius 1 is 1.03 bits per heavy atom. The number of pyridine rings is 4. The molecule has 0 amide bonds. The average Bonchev–Trinajstić information content (AvgIpc) is 3.25. The van der Waals surface area contributed by atoms with Crippen molar-refractivity contribution in [3.05, 3.63) is 81.4 Å². The van der Waals surface area contributed by atoms with Gasteiger partial charge in [-0.2, -0.15) is 4.98 Å². The molecule has 5 heterocycles. The van der Waals surface area contributed by atoms with Gasteiger partial charge in [-0.15, -0.1) is 5.10 Å². The van der Waals surface area contributed by atoms with E-state index in [9.17, 15) is 9.59 Å². The standard InChI is InChI=1S/C21H17N7O2S/c1-2-31-21-24-20(25-26-21)28-9-6-17-15(19(28)30)10-14-16(23-17)5-8-27(18(14)29)12-13-4-3-7-22-11-13/h3-11H,2,12H2,1H3,(H,24,25,26). The number of aromatic nitrogens is 7. The lowest BCUT2D eigenvalue weighted by molar-refractivity contribution is 0.764. The van der Waals surface area contributed by atoms with Crippen molar-refractivity contribution in [3.8, 4) is 5.95 Å². The average molecular weight is 431 g/mol. The second kappa shape index (κ2) is 7.80. The van der Waals surface area contributed by atoms with E-state index in [1.165, 1.54) is 16.3 Å². The van der Waals surface area contributed by atoms with Crippen LogP contribution in [0.4, 0.5) is 0 Å². The number of hydrogen-bond donors (Lipinski definition) is 1. The van der Waals surface area contributed by atoms with Crippen LogP contribution in [0.15, 0.2) is 69.9 Å². The molecule has 31 heavy (non-hydrogen) atoms. The SMILES string of the molecule is CCSc1n[nH]c(-n2ccc3nc4ccn(Cc5cccnc5)c(=O)c4cc3c2=O)n1. The van der Waals surface area contributed by atoms with Crippen LogP contribution in [0.25, 0.3) is 27.8 Å². The van der Waals surface area contributed by atoms with Gasteiger partial charge in [-0.1, -0.05) is 24.8 Å². The largest absolute Gasteiger partial charge is 0.310 e. The zero-order valence-corrected chi connectivity index (χ0v) is 17.3. The van der Waals surface area contributed by atoms with E-state index in [2.05, 4.69) is 25.1 Å². The predicted molar refractivity (Wildman–Crippen MR) is 119 cm³/mol. The van der Waals surface area contributed by atoms with Crippen molar-refractivity contribution in [3.63, 3.8) is 0 Å². The summed E-state index contributed by atoms with van der Waals surface area (Å²) in [4.78, 5) is 39.2. The quantitative estimate of drug-likeness (QED) is 0.336. The molecule has 0 spiro atoms. The Labute approximate surface area is 179 Å². The van der Waals surface area contributed by atoms with Crippen LogP contribution in [-0.2, 0) is 6.54 Å². The smallest absolute Gasteiger partial charge is 0.266 e. The minimum atomic E-state index is -0.321. The van der Waals surface area contributed by atoms with Crippen LogP contribution in [0.3, 0.4) is 0 Å². The number of rotatable bonds is 5. The lowest BCUT2D eigenvalue weighted by Gasteiger charge is -2.08.